The number of aromatic nitrogens is 2. The monoisotopic (exact) mass is 315 g/mol. The van der Waals surface area contributed by atoms with Crippen molar-refractivity contribution >= 4 is 23.2 Å². The van der Waals surface area contributed by atoms with Crippen molar-refractivity contribution in [3.8, 4) is 5.69 Å². The van der Waals surface area contributed by atoms with Crippen LogP contribution in [-0.4, -0.2) is 15.6 Å². The molecule has 3 aromatic rings. The van der Waals surface area contributed by atoms with Crippen molar-refractivity contribution in [2.75, 3.05) is 5.73 Å². The van der Waals surface area contributed by atoms with Crippen molar-refractivity contribution < 1.29 is 9.18 Å². The summed E-state index contributed by atoms with van der Waals surface area (Å²) in [4.78, 5) is 12.4. The minimum atomic E-state index is -0.401. The molecule has 1 aromatic heterocycles. The molecule has 0 aliphatic heterocycles. The van der Waals surface area contributed by atoms with Crippen LogP contribution in [0.15, 0.2) is 54.7 Å². The van der Waals surface area contributed by atoms with Gasteiger partial charge in [-0.25, -0.2) is 9.07 Å². The quantitative estimate of drug-likeness (QED) is 0.753. The number of anilines is 1. The molecule has 0 bridgehead atoms. The minimum Gasteiger partial charge on any atom is -0.383 e. The Bertz CT molecular complexity index is 826. The molecule has 1 heterocycles. The first kappa shape index (κ1) is 14.3. The van der Waals surface area contributed by atoms with Crippen molar-refractivity contribution in [3.63, 3.8) is 0 Å². The molecule has 2 N–H and O–H groups in total. The summed E-state index contributed by atoms with van der Waals surface area (Å²) in [6.45, 7) is 0. The summed E-state index contributed by atoms with van der Waals surface area (Å²) in [6.07, 6.45) is 1.40. The summed E-state index contributed by atoms with van der Waals surface area (Å²) < 4.78 is 14.4. The van der Waals surface area contributed by atoms with Crippen molar-refractivity contribution in [3.05, 3.63) is 76.7 Å². The van der Waals surface area contributed by atoms with E-state index >= 15 is 0 Å². The predicted octanol–water partition coefficient (Wildman–Crippen LogP) is 3.48. The number of halogens is 2. The van der Waals surface area contributed by atoms with E-state index in [1.165, 1.54) is 35.1 Å². The predicted molar refractivity (Wildman–Crippen MR) is 82.8 cm³/mol. The molecular weight excluding hydrogens is 305 g/mol. The maximum atomic E-state index is 12.9. The fraction of sp³-hybridized carbons (Fsp3) is 0. The molecular formula is C16H11ClFN3O. The van der Waals surface area contributed by atoms with Crippen LogP contribution < -0.4 is 5.73 Å². The fourth-order valence-electron chi connectivity index (χ4n) is 2.08. The fourth-order valence-corrected chi connectivity index (χ4v) is 2.20. The van der Waals surface area contributed by atoms with Gasteiger partial charge in [0.25, 0.3) is 0 Å². The molecule has 22 heavy (non-hydrogen) atoms. The van der Waals surface area contributed by atoms with Gasteiger partial charge in [0.1, 0.15) is 11.6 Å². The summed E-state index contributed by atoms with van der Waals surface area (Å²) >= 11 is 5.84. The first-order valence-corrected chi connectivity index (χ1v) is 6.84. The van der Waals surface area contributed by atoms with Crippen LogP contribution >= 0.6 is 11.6 Å². The molecule has 0 atom stereocenters. The normalized spacial score (nSPS) is 10.6. The SMILES string of the molecule is Nc1c(C(=O)c2ccc(F)cc2)cnn1-c1ccc(Cl)cc1. The number of carbonyl (C=O) groups is 1. The molecule has 6 heteroatoms. The Morgan fingerprint density at radius 1 is 1.09 bits per heavy atom. The van der Waals surface area contributed by atoms with Gasteiger partial charge in [-0.1, -0.05) is 11.6 Å². The van der Waals surface area contributed by atoms with E-state index in [9.17, 15) is 9.18 Å². The number of carbonyl (C=O) groups excluding carboxylic acids is 1. The van der Waals surface area contributed by atoms with Gasteiger partial charge in [-0.15, -0.1) is 0 Å². The Labute approximate surface area is 130 Å². The van der Waals surface area contributed by atoms with Gasteiger partial charge >= 0.3 is 0 Å². The Morgan fingerprint density at radius 2 is 1.73 bits per heavy atom. The summed E-state index contributed by atoms with van der Waals surface area (Å²) in [5.41, 5.74) is 7.32. The van der Waals surface area contributed by atoms with Gasteiger partial charge in [0.15, 0.2) is 5.78 Å². The molecule has 0 aliphatic rings. The first-order valence-electron chi connectivity index (χ1n) is 6.46. The molecule has 0 saturated heterocycles. The lowest BCUT2D eigenvalue weighted by molar-refractivity contribution is 0.103. The van der Waals surface area contributed by atoms with Gasteiger partial charge in [0.2, 0.25) is 0 Å². The summed E-state index contributed by atoms with van der Waals surface area (Å²) in [5.74, 6) is -0.490. The van der Waals surface area contributed by atoms with Gasteiger partial charge in [-0.3, -0.25) is 4.79 Å². The third-order valence-corrected chi connectivity index (χ3v) is 3.48. The van der Waals surface area contributed by atoms with Crippen LogP contribution in [0.25, 0.3) is 5.69 Å². The highest BCUT2D eigenvalue weighted by molar-refractivity contribution is 6.30. The van der Waals surface area contributed by atoms with E-state index in [1.54, 1.807) is 24.3 Å². The molecule has 0 aliphatic carbocycles. The third kappa shape index (κ3) is 2.58. The number of ketones is 1. The van der Waals surface area contributed by atoms with E-state index in [4.69, 9.17) is 17.3 Å². The van der Waals surface area contributed by atoms with Crippen molar-refractivity contribution in [1.29, 1.82) is 0 Å². The molecule has 0 fully saturated rings. The van der Waals surface area contributed by atoms with Crippen molar-refractivity contribution in [2.45, 2.75) is 0 Å². The minimum absolute atomic E-state index is 0.219. The highest BCUT2D eigenvalue weighted by atomic mass is 35.5. The molecule has 0 saturated carbocycles. The maximum absolute atomic E-state index is 12.9. The molecule has 0 radical (unpaired) electrons. The van der Waals surface area contributed by atoms with E-state index in [0.29, 0.717) is 16.3 Å². The molecule has 3 rings (SSSR count). The molecule has 2 aromatic carbocycles. The molecule has 4 nitrogen and oxygen atoms in total. The first-order chi connectivity index (χ1) is 10.6. The molecule has 0 amide bonds. The van der Waals surface area contributed by atoms with Crippen LogP contribution in [0.5, 0.6) is 0 Å². The van der Waals surface area contributed by atoms with E-state index in [2.05, 4.69) is 5.10 Å². The largest absolute Gasteiger partial charge is 0.383 e. The zero-order valence-electron chi connectivity index (χ0n) is 11.3. The molecule has 0 unspecified atom stereocenters. The standard InChI is InChI=1S/C16H11ClFN3O/c17-11-3-7-13(8-4-11)21-16(19)14(9-20-21)15(22)10-1-5-12(18)6-2-10/h1-9H,19H2. The van der Waals surface area contributed by atoms with E-state index in [1.807, 2.05) is 0 Å². The second-order valence-corrected chi connectivity index (χ2v) is 5.10. The highest BCUT2D eigenvalue weighted by Crippen LogP contribution is 2.21. The van der Waals surface area contributed by atoms with Gasteiger partial charge in [0, 0.05) is 10.6 Å². The van der Waals surface area contributed by atoms with Crippen LogP contribution in [0.1, 0.15) is 15.9 Å². The Kier molecular flexibility index (Phi) is 3.65. The Balaban J connectivity index is 1.98. The van der Waals surface area contributed by atoms with Gasteiger partial charge < -0.3 is 5.73 Å². The Hall–Kier alpha value is -2.66. The number of rotatable bonds is 3. The average Bonchev–Trinajstić information content (AvgIpc) is 2.90. The van der Waals surface area contributed by atoms with E-state index in [-0.39, 0.29) is 17.2 Å². The Morgan fingerprint density at radius 3 is 2.36 bits per heavy atom. The van der Waals surface area contributed by atoms with Gasteiger partial charge in [-0.2, -0.15) is 5.10 Å². The van der Waals surface area contributed by atoms with E-state index < -0.39 is 5.82 Å². The second-order valence-electron chi connectivity index (χ2n) is 4.67. The van der Waals surface area contributed by atoms with Crippen LogP contribution in [0.2, 0.25) is 5.02 Å². The van der Waals surface area contributed by atoms with Gasteiger partial charge in [0.05, 0.1) is 17.4 Å². The number of nitrogens with two attached hydrogens (primary N) is 1. The number of hydrogen-bond acceptors (Lipinski definition) is 3. The van der Waals surface area contributed by atoms with Crippen molar-refractivity contribution in [2.24, 2.45) is 0 Å². The number of nitrogens with zero attached hydrogens (tertiary/aromatic N) is 2. The average molecular weight is 316 g/mol. The molecule has 0 spiro atoms. The summed E-state index contributed by atoms with van der Waals surface area (Å²) in [5, 5.41) is 4.73. The highest BCUT2D eigenvalue weighted by Gasteiger charge is 2.17. The van der Waals surface area contributed by atoms with Crippen LogP contribution in [-0.2, 0) is 0 Å². The number of nitrogen functional groups attached to an aromatic ring is 1. The van der Waals surface area contributed by atoms with Crippen LogP contribution in [0.4, 0.5) is 10.2 Å². The smallest absolute Gasteiger partial charge is 0.198 e. The number of hydrogen-bond donors (Lipinski definition) is 1. The van der Waals surface area contributed by atoms with Crippen LogP contribution in [0, 0.1) is 5.82 Å². The summed E-state index contributed by atoms with van der Waals surface area (Å²) in [7, 11) is 0. The third-order valence-electron chi connectivity index (χ3n) is 3.23. The zero-order chi connectivity index (χ0) is 15.7. The lowest BCUT2D eigenvalue weighted by Gasteiger charge is -2.05. The maximum Gasteiger partial charge on any atom is 0.198 e. The lowest BCUT2D eigenvalue weighted by atomic mass is 10.1. The van der Waals surface area contributed by atoms with Crippen LogP contribution in [0.3, 0.4) is 0 Å². The topological polar surface area (TPSA) is 60.9 Å². The summed E-state index contributed by atoms with van der Waals surface area (Å²) in [6, 6.07) is 12.2. The lowest BCUT2D eigenvalue weighted by Crippen LogP contribution is -2.07. The van der Waals surface area contributed by atoms with E-state index in [0.717, 1.165) is 0 Å². The molecule has 110 valence electrons. The van der Waals surface area contributed by atoms with Crippen molar-refractivity contribution in [1.82, 2.24) is 9.78 Å². The second kappa shape index (κ2) is 5.61. The number of benzene rings is 2. The van der Waals surface area contributed by atoms with Gasteiger partial charge in [-0.05, 0) is 48.5 Å². The zero-order valence-corrected chi connectivity index (χ0v) is 12.1.